The molecule has 0 unspecified atom stereocenters. The normalized spacial score (nSPS) is 14.0. The molecule has 0 aliphatic heterocycles. The van der Waals surface area contributed by atoms with Crippen LogP contribution >= 0.6 is 23.2 Å². The van der Waals surface area contributed by atoms with Gasteiger partial charge in [-0.3, -0.25) is 0 Å². The highest BCUT2D eigenvalue weighted by atomic mass is 35.5. The summed E-state index contributed by atoms with van der Waals surface area (Å²) in [4.78, 5) is 7.12. The second-order valence-electron chi connectivity index (χ2n) is 3.07. The number of aromatic nitrogens is 1. The van der Waals surface area contributed by atoms with Crippen molar-refractivity contribution in [2.45, 2.75) is 20.3 Å². The van der Waals surface area contributed by atoms with E-state index in [0.29, 0.717) is 28.0 Å². The van der Waals surface area contributed by atoms with Crippen LogP contribution in [0.4, 0.5) is 0 Å². The fourth-order valence-corrected chi connectivity index (χ4v) is 1.75. The van der Waals surface area contributed by atoms with Gasteiger partial charge in [-0.25, -0.2) is 4.99 Å². The second kappa shape index (κ2) is 5.24. The number of aliphatic imine (C=N–C) groups is 1. The number of halogens is 2. The molecule has 1 aromatic heterocycles. The molecule has 0 atom stereocenters. The number of nitrogens with zero attached hydrogens (tertiary/aromatic N) is 1. The van der Waals surface area contributed by atoms with Gasteiger partial charge in [0.1, 0.15) is 0 Å². The maximum Gasteiger partial charge on any atom is 0.0961 e. The molecule has 3 nitrogen and oxygen atoms in total. The fraction of sp³-hybridized carbons (Fsp3) is 0.300. The maximum absolute atomic E-state index is 6.16. The van der Waals surface area contributed by atoms with Gasteiger partial charge in [-0.05, 0) is 19.4 Å². The molecule has 1 aromatic rings. The first-order chi connectivity index (χ1) is 7.06. The third-order valence-corrected chi connectivity index (χ3v) is 2.54. The monoisotopic (exact) mass is 245 g/mol. The molecular weight excluding hydrogens is 233 g/mol. The van der Waals surface area contributed by atoms with Crippen molar-refractivity contribution in [3.05, 3.63) is 28.7 Å². The Morgan fingerprint density at radius 1 is 1.60 bits per heavy atom. The van der Waals surface area contributed by atoms with Crippen LogP contribution < -0.4 is 5.73 Å². The summed E-state index contributed by atoms with van der Waals surface area (Å²) in [5.41, 5.74) is 6.92. The van der Waals surface area contributed by atoms with E-state index in [1.807, 2.05) is 6.92 Å². The van der Waals surface area contributed by atoms with E-state index >= 15 is 0 Å². The van der Waals surface area contributed by atoms with Gasteiger partial charge in [0, 0.05) is 6.20 Å². The van der Waals surface area contributed by atoms with Crippen molar-refractivity contribution in [2.24, 2.45) is 10.7 Å². The lowest BCUT2D eigenvalue weighted by molar-refractivity contribution is 1.07. The minimum absolute atomic E-state index is 0.479. The van der Waals surface area contributed by atoms with Gasteiger partial charge < -0.3 is 10.7 Å². The van der Waals surface area contributed by atoms with Crippen molar-refractivity contribution in [1.29, 1.82) is 0 Å². The van der Waals surface area contributed by atoms with Crippen molar-refractivity contribution in [3.8, 4) is 0 Å². The highest BCUT2D eigenvalue weighted by Gasteiger charge is 2.09. The second-order valence-corrected chi connectivity index (χ2v) is 3.85. The Morgan fingerprint density at radius 2 is 2.27 bits per heavy atom. The number of amidine groups is 1. The zero-order chi connectivity index (χ0) is 11.4. The molecule has 0 fully saturated rings. The van der Waals surface area contributed by atoms with Gasteiger partial charge in [0.25, 0.3) is 0 Å². The molecule has 0 aromatic carbocycles. The smallest absolute Gasteiger partial charge is 0.0961 e. The van der Waals surface area contributed by atoms with Crippen molar-refractivity contribution in [3.63, 3.8) is 0 Å². The Bertz CT molecular complexity index is 401. The van der Waals surface area contributed by atoms with Crippen LogP contribution in [0.3, 0.4) is 0 Å². The van der Waals surface area contributed by atoms with Crippen LogP contribution in [-0.2, 0) is 0 Å². The summed E-state index contributed by atoms with van der Waals surface area (Å²) in [5, 5.41) is 1.09. The third-order valence-electron chi connectivity index (χ3n) is 1.82. The molecule has 15 heavy (non-hydrogen) atoms. The van der Waals surface area contributed by atoms with E-state index < -0.39 is 0 Å². The predicted molar refractivity (Wildman–Crippen MR) is 66.2 cm³/mol. The topological polar surface area (TPSA) is 54.2 Å². The molecule has 0 bridgehead atoms. The quantitative estimate of drug-likeness (QED) is 0.623. The average molecular weight is 246 g/mol. The molecule has 0 radical (unpaired) electrons. The lowest BCUT2D eigenvalue weighted by Crippen LogP contribution is -2.05. The van der Waals surface area contributed by atoms with Crippen molar-refractivity contribution >= 4 is 34.1 Å². The number of hydrogen-bond donors (Lipinski definition) is 2. The molecule has 82 valence electrons. The van der Waals surface area contributed by atoms with Gasteiger partial charge in [0.15, 0.2) is 0 Å². The van der Waals surface area contributed by atoms with E-state index in [1.54, 1.807) is 19.2 Å². The summed E-state index contributed by atoms with van der Waals surface area (Å²) in [5.74, 6) is 0.479. The first-order valence-corrected chi connectivity index (χ1v) is 5.34. The van der Waals surface area contributed by atoms with Crippen LogP contribution in [0.1, 0.15) is 26.0 Å². The Kier molecular flexibility index (Phi) is 4.24. The van der Waals surface area contributed by atoms with Gasteiger partial charge >= 0.3 is 0 Å². The number of H-pyrrole nitrogens is 1. The maximum atomic E-state index is 6.16. The van der Waals surface area contributed by atoms with Crippen LogP contribution in [0, 0.1) is 0 Å². The summed E-state index contributed by atoms with van der Waals surface area (Å²) in [7, 11) is 0. The summed E-state index contributed by atoms with van der Waals surface area (Å²) < 4.78 is 0. The standard InChI is InChI=1S/C10H13Cl2N3/c1-3-8(15-6(2)13)9(12)10-7(11)4-5-14-10/h4-5,14H,3H2,1-2H3,(H2,13,15)/b9-8+. The number of nitrogens with two attached hydrogens (primary N) is 1. The lowest BCUT2D eigenvalue weighted by atomic mass is 10.2. The minimum atomic E-state index is 0.479. The molecule has 0 aliphatic rings. The molecule has 0 spiro atoms. The molecule has 5 heteroatoms. The zero-order valence-corrected chi connectivity index (χ0v) is 10.2. The molecule has 0 saturated heterocycles. The van der Waals surface area contributed by atoms with Gasteiger partial charge in [0.05, 0.1) is 27.3 Å². The van der Waals surface area contributed by atoms with E-state index in [-0.39, 0.29) is 0 Å². The Labute approximate surface area is 99.0 Å². The molecule has 3 N–H and O–H groups in total. The predicted octanol–water partition coefficient (Wildman–Crippen LogP) is 3.36. The molecule has 1 heterocycles. The Hall–Kier alpha value is -0.930. The van der Waals surface area contributed by atoms with E-state index in [1.165, 1.54) is 0 Å². The molecule has 1 rings (SSSR count). The third kappa shape index (κ3) is 3.01. The summed E-state index contributed by atoms with van der Waals surface area (Å²) >= 11 is 12.1. The first kappa shape index (κ1) is 12.1. The van der Waals surface area contributed by atoms with Crippen LogP contribution in [0.15, 0.2) is 23.0 Å². The minimum Gasteiger partial charge on any atom is -0.387 e. The van der Waals surface area contributed by atoms with Crippen LogP contribution in [0.5, 0.6) is 0 Å². The summed E-state index contributed by atoms with van der Waals surface area (Å²) in [6.45, 7) is 3.68. The first-order valence-electron chi connectivity index (χ1n) is 4.59. The van der Waals surface area contributed by atoms with E-state index in [4.69, 9.17) is 28.9 Å². The number of nitrogens with one attached hydrogen (secondary N) is 1. The Balaban J connectivity index is 3.18. The molecular formula is C10H13Cl2N3. The average Bonchev–Trinajstić information content (AvgIpc) is 2.59. The SMILES string of the molecule is CCC(/N=C(\C)N)=C(\Cl)c1[nH]ccc1Cl. The van der Waals surface area contributed by atoms with Crippen LogP contribution in [0.2, 0.25) is 5.02 Å². The number of hydrogen-bond acceptors (Lipinski definition) is 1. The summed E-state index contributed by atoms with van der Waals surface area (Å²) in [6.07, 6.45) is 2.43. The van der Waals surface area contributed by atoms with Gasteiger partial charge in [0.2, 0.25) is 0 Å². The van der Waals surface area contributed by atoms with Crippen LogP contribution in [-0.4, -0.2) is 10.8 Å². The highest BCUT2D eigenvalue weighted by molar-refractivity contribution is 6.50. The summed E-state index contributed by atoms with van der Waals surface area (Å²) in [6, 6.07) is 1.74. The molecule has 0 amide bonds. The largest absolute Gasteiger partial charge is 0.387 e. The van der Waals surface area contributed by atoms with Gasteiger partial charge in [-0.15, -0.1) is 0 Å². The van der Waals surface area contributed by atoms with Crippen molar-refractivity contribution in [1.82, 2.24) is 4.98 Å². The molecule has 0 aliphatic carbocycles. The van der Waals surface area contributed by atoms with Gasteiger partial charge in [-0.1, -0.05) is 30.1 Å². The van der Waals surface area contributed by atoms with Gasteiger partial charge in [-0.2, -0.15) is 0 Å². The van der Waals surface area contributed by atoms with Crippen LogP contribution in [0.25, 0.3) is 5.03 Å². The highest BCUT2D eigenvalue weighted by Crippen LogP contribution is 2.29. The Morgan fingerprint density at radius 3 is 2.67 bits per heavy atom. The fourth-order valence-electron chi connectivity index (χ4n) is 1.16. The zero-order valence-electron chi connectivity index (χ0n) is 8.64. The van der Waals surface area contributed by atoms with Crippen molar-refractivity contribution in [2.75, 3.05) is 0 Å². The number of aromatic amines is 1. The number of allylic oxidation sites excluding steroid dienone is 1. The van der Waals surface area contributed by atoms with Crippen molar-refractivity contribution < 1.29 is 0 Å². The number of rotatable bonds is 3. The van der Waals surface area contributed by atoms with E-state index in [9.17, 15) is 0 Å². The van der Waals surface area contributed by atoms with E-state index in [0.717, 1.165) is 5.70 Å². The molecule has 0 saturated carbocycles. The van der Waals surface area contributed by atoms with E-state index in [2.05, 4.69) is 9.98 Å². The lowest BCUT2D eigenvalue weighted by Gasteiger charge is -2.03.